The van der Waals surface area contributed by atoms with Crippen LogP contribution in [0.1, 0.15) is 0 Å². The highest BCUT2D eigenvalue weighted by Crippen LogP contribution is 2.21. The van der Waals surface area contributed by atoms with Gasteiger partial charge in [-0.2, -0.15) is 17.9 Å². The first-order valence-electron chi connectivity index (χ1n) is 5.73. The number of benzene rings is 1. The number of anilines is 1. The fourth-order valence-electron chi connectivity index (χ4n) is 1.68. The Hall–Kier alpha value is -1.83. The van der Waals surface area contributed by atoms with E-state index in [2.05, 4.69) is 15.5 Å². The molecule has 0 N–H and O–H groups in total. The van der Waals surface area contributed by atoms with Gasteiger partial charge in [0.25, 0.3) is 5.95 Å². The van der Waals surface area contributed by atoms with Crippen LogP contribution in [0.3, 0.4) is 0 Å². The van der Waals surface area contributed by atoms with Crippen LogP contribution in [0.2, 0.25) is 0 Å². The second kappa shape index (κ2) is 6.08. The molecule has 1 aromatic carbocycles. The third kappa shape index (κ3) is 3.60. The summed E-state index contributed by atoms with van der Waals surface area (Å²) in [7, 11) is 0. The van der Waals surface area contributed by atoms with E-state index in [1.165, 1.54) is 4.68 Å². The van der Waals surface area contributed by atoms with Crippen molar-refractivity contribution in [2.24, 2.45) is 0 Å². The molecule has 0 bridgehead atoms. The number of alkyl halides is 4. The third-order valence-electron chi connectivity index (χ3n) is 2.46. The van der Waals surface area contributed by atoms with Crippen LogP contribution in [-0.2, 0) is 0 Å². The minimum atomic E-state index is -4.36. The molecular weight excluding hydrogens is 295 g/mol. The monoisotopic (exact) mass is 305 g/mol. The molecule has 0 amide bonds. The molecule has 0 saturated carbocycles. The number of para-hydroxylation sites is 1. The first kappa shape index (κ1) is 14.6. The Morgan fingerprint density at radius 1 is 1.20 bits per heavy atom. The quantitative estimate of drug-likeness (QED) is 0.795. The average molecular weight is 306 g/mol. The number of nitrogens with zero attached hydrogens (tertiary/aromatic N) is 5. The topological polar surface area (TPSA) is 46.8 Å². The van der Waals surface area contributed by atoms with Crippen molar-refractivity contribution in [2.75, 3.05) is 23.9 Å². The first-order valence-corrected chi connectivity index (χ1v) is 6.26. The van der Waals surface area contributed by atoms with Crippen molar-refractivity contribution in [3.63, 3.8) is 0 Å². The summed E-state index contributed by atoms with van der Waals surface area (Å²) in [6.45, 7) is -1.17. The van der Waals surface area contributed by atoms with Crippen molar-refractivity contribution in [1.29, 1.82) is 0 Å². The van der Waals surface area contributed by atoms with Gasteiger partial charge >= 0.3 is 6.18 Å². The average Bonchev–Trinajstić information content (AvgIpc) is 2.87. The smallest absolute Gasteiger partial charge is 0.329 e. The molecule has 20 heavy (non-hydrogen) atoms. The summed E-state index contributed by atoms with van der Waals surface area (Å²) < 4.78 is 39.0. The van der Waals surface area contributed by atoms with E-state index < -0.39 is 12.7 Å². The maximum Gasteiger partial charge on any atom is 0.406 e. The minimum absolute atomic E-state index is 0.00568. The van der Waals surface area contributed by atoms with E-state index in [9.17, 15) is 13.2 Å². The van der Waals surface area contributed by atoms with Crippen molar-refractivity contribution in [2.45, 2.75) is 6.18 Å². The molecule has 108 valence electrons. The summed E-state index contributed by atoms with van der Waals surface area (Å²) in [4.78, 5) is 1.000. The molecule has 0 atom stereocenters. The van der Waals surface area contributed by atoms with Gasteiger partial charge in [-0.3, -0.25) is 0 Å². The molecule has 0 fully saturated rings. The largest absolute Gasteiger partial charge is 0.406 e. The number of halogens is 4. The molecule has 9 heteroatoms. The highest BCUT2D eigenvalue weighted by molar-refractivity contribution is 6.18. The van der Waals surface area contributed by atoms with Crippen molar-refractivity contribution < 1.29 is 13.2 Å². The zero-order valence-corrected chi connectivity index (χ0v) is 11.0. The molecule has 0 aliphatic carbocycles. The fraction of sp³-hybridized carbons (Fsp3) is 0.364. The molecule has 0 unspecified atom stereocenters. The van der Waals surface area contributed by atoms with Gasteiger partial charge in [-0.25, -0.2) is 0 Å². The maximum atomic E-state index is 12.6. The number of rotatable bonds is 5. The lowest BCUT2D eigenvalue weighted by Crippen LogP contribution is -2.37. The molecular formula is C11H11ClF3N5. The van der Waals surface area contributed by atoms with Gasteiger partial charge in [0.15, 0.2) is 0 Å². The van der Waals surface area contributed by atoms with Crippen LogP contribution in [0.5, 0.6) is 0 Å². The van der Waals surface area contributed by atoms with Crippen LogP contribution in [0.25, 0.3) is 5.69 Å². The zero-order valence-electron chi connectivity index (χ0n) is 10.3. The van der Waals surface area contributed by atoms with E-state index >= 15 is 0 Å². The SMILES string of the molecule is FC(F)(F)CN(CCCl)c1nnnn1-c1ccccc1. The van der Waals surface area contributed by atoms with E-state index in [0.717, 1.165) is 4.90 Å². The van der Waals surface area contributed by atoms with Crippen molar-refractivity contribution in [1.82, 2.24) is 20.2 Å². The van der Waals surface area contributed by atoms with Crippen molar-refractivity contribution in [3.05, 3.63) is 30.3 Å². The van der Waals surface area contributed by atoms with Crippen LogP contribution < -0.4 is 4.90 Å². The van der Waals surface area contributed by atoms with Crippen LogP contribution in [0.4, 0.5) is 19.1 Å². The predicted molar refractivity (Wildman–Crippen MR) is 68.1 cm³/mol. The second-order valence-electron chi connectivity index (χ2n) is 3.95. The summed E-state index contributed by atoms with van der Waals surface area (Å²) >= 11 is 5.55. The summed E-state index contributed by atoms with van der Waals surface area (Å²) in [5.41, 5.74) is 0.578. The lowest BCUT2D eigenvalue weighted by molar-refractivity contribution is -0.119. The third-order valence-corrected chi connectivity index (χ3v) is 2.63. The number of hydrogen-bond donors (Lipinski definition) is 0. The Balaban J connectivity index is 2.33. The van der Waals surface area contributed by atoms with E-state index in [1.54, 1.807) is 30.3 Å². The number of hydrogen-bond acceptors (Lipinski definition) is 4. The molecule has 1 heterocycles. The van der Waals surface area contributed by atoms with Gasteiger partial charge in [-0.05, 0) is 22.6 Å². The molecule has 0 aliphatic rings. The number of tetrazole rings is 1. The normalized spacial score (nSPS) is 11.6. The van der Waals surface area contributed by atoms with Gasteiger partial charge in [-0.1, -0.05) is 23.3 Å². The summed E-state index contributed by atoms with van der Waals surface area (Å²) in [6, 6.07) is 8.69. The molecule has 0 aliphatic heterocycles. The lowest BCUT2D eigenvalue weighted by Gasteiger charge is -2.23. The van der Waals surface area contributed by atoms with Crippen molar-refractivity contribution in [3.8, 4) is 5.69 Å². The number of aromatic nitrogens is 4. The Morgan fingerprint density at radius 3 is 2.50 bits per heavy atom. The van der Waals surface area contributed by atoms with Gasteiger partial charge in [0.2, 0.25) is 0 Å². The van der Waals surface area contributed by atoms with Crippen LogP contribution >= 0.6 is 11.6 Å². The fourth-order valence-corrected chi connectivity index (χ4v) is 1.89. The van der Waals surface area contributed by atoms with E-state index in [1.807, 2.05) is 0 Å². The van der Waals surface area contributed by atoms with E-state index in [4.69, 9.17) is 11.6 Å². The Labute approximate surface area is 117 Å². The highest BCUT2D eigenvalue weighted by atomic mass is 35.5. The standard InChI is InChI=1S/C11H11ClF3N5/c12-6-7-19(8-11(13,14)15)10-16-17-18-20(10)9-4-2-1-3-5-9/h1-5H,6-8H2. The molecule has 0 spiro atoms. The van der Waals surface area contributed by atoms with Crippen LogP contribution in [0.15, 0.2) is 30.3 Å². The maximum absolute atomic E-state index is 12.6. The van der Waals surface area contributed by atoms with Gasteiger partial charge in [-0.15, -0.1) is 11.6 Å². The summed E-state index contributed by atoms with van der Waals surface area (Å²) in [5, 5.41) is 10.8. The summed E-state index contributed by atoms with van der Waals surface area (Å²) in [5.74, 6) is 0.0479. The second-order valence-corrected chi connectivity index (χ2v) is 4.33. The van der Waals surface area contributed by atoms with Gasteiger partial charge in [0.05, 0.1) is 5.69 Å². The van der Waals surface area contributed by atoms with Gasteiger partial charge < -0.3 is 4.90 Å². The van der Waals surface area contributed by atoms with Crippen LogP contribution in [-0.4, -0.2) is 45.4 Å². The molecule has 5 nitrogen and oxygen atoms in total. The first-order chi connectivity index (χ1) is 9.51. The zero-order chi connectivity index (χ0) is 14.6. The minimum Gasteiger partial charge on any atom is -0.329 e. The van der Waals surface area contributed by atoms with Gasteiger partial charge in [0.1, 0.15) is 6.54 Å². The molecule has 1 aromatic heterocycles. The highest BCUT2D eigenvalue weighted by Gasteiger charge is 2.32. The van der Waals surface area contributed by atoms with E-state index in [-0.39, 0.29) is 18.4 Å². The molecule has 2 aromatic rings. The van der Waals surface area contributed by atoms with Gasteiger partial charge in [0, 0.05) is 12.4 Å². The Bertz CT molecular complexity index is 542. The van der Waals surface area contributed by atoms with E-state index in [0.29, 0.717) is 5.69 Å². The van der Waals surface area contributed by atoms with Crippen molar-refractivity contribution >= 4 is 17.5 Å². The molecule has 0 radical (unpaired) electrons. The van der Waals surface area contributed by atoms with Crippen LogP contribution in [0, 0.1) is 0 Å². The Morgan fingerprint density at radius 2 is 1.90 bits per heavy atom. The molecule has 2 rings (SSSR count). The lowest BCUT2D eigenvalue weighted by atomic mass is 10.3. The molecule has 0 saturated heterocycles. The Kier molecular flexibility index (Phi) is 4.43. The summed E-state index contributed by atoms with van der Waals surface area (Å²) in [6.07, 6.45) is -4.36. The predicted octanol–water partition coefficient (Wildman–Crippen LogP) is 2.27.